The van der Waals surface area contributed by atoms with Crippen molar-refractivity contribution in [2.75, 3.05) is 19.0 Å². The molecule has 1 aromatic rings. The molecule has 0 saturated carbocycles. The highest BCUT2D eigenvalue weighted by Crippen LogP contribution is 2.27. The summed E-state index contributed by atoms with van der Waals surface area (Å²) >= 11 is 0. The molecule has 1 aliphatic rings. The van der Waals surface area contributed by atoms with Crippen LogP contribution in [0, 0.1) is 0 Å². The molecule has 0 radical (unpaired) electrons. The van der Waals surface area contributed by atoms with E-state index in [0.717, 1.165) is 16.8 Å². The standard InChI is InChI=1S/C16H22N2O4/c1-16(2,3)22-15(20)18-9-8-12-11(10-18)6-5-7-13(12)17-14(19)21-4/h5-7H,8-10H2,1-4H3,(H,17,19). The van der Waals surface area contributed by atoms with Gasteiger partial charge in [-0.2, -0.15) is 0 Å². The molecule has 0 aliphatic carbocycles. The quantitative estimate of drug-likeness (QED) is 0.865. The number of ether oxygens (including phenoxy) is 2. The first kappa shape index (κ1) is 16.1. The molecule has 2 amide bonds. The van der Waals surface area contributed by atoms with E-state index >= 15 is 0 Å². The van der Waals surface area contributed by atoms with Crippen LogP contribution in [0.3, 0.4) is 0 Å². The van der Waals surface area contributed by atoms with E-state index in [-0.39, 0.29) is 6.09 Å². The summed E-state index contributed by atoms with van der Waals surface area (Å²) in [7, 11) is 1.33. The van der Waals surface area contributed by atoms with Gasteiger partial charge < -0.3 is 14.4 Å². The average molecular weight is 306 g/mol. The van der Waals surface area contributed by atoms with E-state index in [1.165, 1.54) is 7.11 Å². The van der Waals surface area contributed by atoms with Crippen molar-refractivity contribution in [3.8, 4) is 0 Å². The van der Waals surface area contributed by atoms with Gasteiger partial charge in [-0.25, -0.2) is 9.59 Å². The Hall–Kier alpha value is -2.24. The molecule has 0 aromatic heterocycles. The minimum Gasteiger partial charge on any atom is -0.453 e. The van der Waals surface area contributed by atoms with Crippen molar-refractivity contribution in [3.63, 3.8) is 0 Å². The second-order valence-corrected chi connectivity index (χ2v) is 6.21. The van der Waals surface area contributed by atoms with Crippen molar-refractivity contribution in [1.82, 2.24) is 4.90 Å². The fraction of sp³-hybridized carbons (Fsp3) is 0.500. The molecule has 0 atom stereocenters. The number of carbonyl (C=O) groups excluding carboxylic acids is 2. The molecule has 6 heteroatoms. The molecule has 120 valence electrons. The van der Waals surface area contributed by atoms with Crippen LogP contribution >= 0.6 is 0 Å². The summed E-state index contributed by atoms with van der Waals surface area (Å²) in [5, 5.41) is 2.71. The molecular formula is C16H22N2O4. The maximum absolute atomic E-state index is 12.1. The third-order valence-corrected chi connectivity index (χ3v) is 3.34. The van der Waals surface area contributed by atoms with Crippen LogP contribution in [0.2, 0.25) is 0 Å². The van der Waals surface area contributed by atoms with E-state index in [0.29, 0.717) is 19.5 Å². The summed E-state index contributed by atoms with van der Waals surface area (Å²) in [6.07, 6.45) is -0.151. The zero-order valence-corrected chi connectivity index (χ0v) is 13.4. The second kappa shape index (κ2) is 6.25. The van der Waals surface area contributed by atoms with Crippen LogP contribution in [0.1, 0.15) is 31.9 Å². The maximum atomic E-state index is 12.1. The van der Waals surface area contributed by atoms with Gasteiger partial charge in [-0.05, 0) is 44.4 Å². The van der Waals surface area contributed by atoms with E-state index in [2.05, 4.69) is 10.1 Å². The van der Waals surface area contributed by atoms with Crippen LogP contribution in [-0.4, -0.2) is 36.3 Å². The molecule has 0 saturated heterocycles. The molecule has 1 aromatic carbocycles. The predicted octanol–water partition coefficient (Wildman–Crippen LogP) is 3.16. The highest BCUT2D eigenvalue weighted by atomic mass is 16.6. The summed E-state index contributed by atoms with van der Waals surface area (Å²) in [6.45, 7) is 6.58. The Kier molecular flexibility index (Phi) is 4.59. The van der Waals surface area contributed by atoms with E-state index < -0.39 is 11.7 Å². The molecule has 1 aliphatic heterocycles. The lowest BCUT2D eigenvalue weighted by molar-refractivity contribution is 0.0224. The Morgan fingerprint density at radius 3 is 2.64 bits per heavy atom. The summed E-state index contributed by atoms with van der Waals surface area (Å²) in [4.78, 5) is 25.2. The SMILES string of the molecule is COC(=O)Nc1cccc2c1CCN(C(=O)OC(C)(C)C)C2. The number of hydrogen-bond acceptors (Lipinski definition) is 4. The van der Waals surface area contributed by atoms with Crippen LogP contribution in [-0.2, 0) is 22.4 Å². The predicted molar refractivity (Wildman–Crippen MR) is 82.8 cm³/mol. The smallest absolute Gasteiger partial charge is 0.411 e. The van der Waals surface area contributed by atoms with E-state index in [9.17, 15) is 9.59 Å². The highest BCUT2D eigenvalue weighted by Gasteiger charge is 2.26. The number of rotatable bonds is 1. The van der Waals surface area contributed by atoms with E-state index in [1.807, 2.05) is 39.0 Å². The number of amides is 2. The van der Waals surface area contributed by atoms with E-state index in [1.54, 1.807) is 4.90 Å². The van der Waals surface area contributed by atoms with Crippen LogP contribution < -0.4 is 5.32 Å². The summed E-state index contributed by atoms with van der Waals surface area (Å²) in [5.74, 6) is 0. The topological polar surface area (TPSA) is 67.9 Å². The molecule has 0 bridgehead atoms. The van der Waals surface area contributed by atoms with Gasteiger partial charge in [0.25, 0.3) is 0 Å². The lowest BCUT2D eigenvalue weighted by Gasteiger charge is -2.32. The molecule has 1 heterocycles. The Balaban J connectivity index is 2.13. The lowest BCUT2D eigenvalue weighted by Crippen LogP contribution is -2.40. The van der Waals surface area contributed by atoms with E-state index in [4.69, 9.17) is 4.74 Å². The van der Waals surface area contributed by atoms with Gasteiger partial charge in [-0.3, -0.25) is 5.32 Å². The molecule has 0 spiro atoms. The highest BCUT2D eigenvalue weighted by molar-refractivity contribution is 5.86. The minimum absolute atomic E-state index is 0.315. The normalized spacial score (nSPS) is 14.1. The summed E-state index contributed by atoms with van der Waals surface area (Å²) in [5.41, 5.74) is 2.26. The van der Waals surface area contributed by atoms with Gasteiger partial charge in [0, 0.05) is 18.8 Å². The molecular weight excluding hydrogens is 284 g/mol. The number of nitrogens with zero attached hydrogens (tertiary/aromatic N) is 1. The number of carbonyl (C=O) groups is 2. The Morgan fingerprint density at radius 2 is 2.00 bits per heavy atom. The third-order valence-electron chi connectivity index (χ3n) is 3.34. The first-order chi connectivity index (χ1) is 10.3. The van der Waals surface area contributed by atoms with Gasteiger partial charge in [-0.1, -0.05) is 12.1 Å². The number of anilines is 1. The first-order valence-corrected chi connectivity index (χ1v) is 7.24. The largest absolute Gasteiger partial charge is 0.453 e. The first-order valence-electron chi connectivity index (χ1n) is 7.24. The maximum Gasteiger partial charge on any atom is 0.411 e. The number of fused-ring (bicyclic) bond motifs is 1. The van der Waals surface area contributed by atoms with Crippen molar-refractivity contribution in [2.24, 2.45) is 0 Å². The van der Waals surface area contributed by atoms with Gasteiger partial charge in [-0.15, -0.1) is 0 Å². The summed E-state index contributed by atoms with van der Waals surface area (Å²) in [6, 6.07) is 5.63. The van der Waals surface area contributed by atoms with Gasteiger partial charge in [0.2, 0.25) is 0 Å². The monoisotopic (exact) mass is 306 g/mol. The number of nitrogens with one attached hydrogen (secondary N) is 1. The lowest BCUT2D eigenvalue weighted by atomic mass is 9.98. The number of hydrogen-bond donors (Lipinski definition) is 1. The van der Waals surface area contributed by atoms with Crippen LogP contribution in [0.25, 0.3) is 0 Å². The Bertz CT molecular complexity index is 578. The minimum atomic E-state index is -0.508. The van der Waals surface area contributed by atoms with Gasteiger partial charge in [0.15, 0.2) is 0 Å². The van der Waals surface area contributed by atoms with Gasteiger partial charge in [0.1, 0.15) is 5.60 Å². The number of benzene rings is 1. The van der Waals surface area contributed by atoms with Gasteiger partial charge in [0.05, 0.1) is 7.11 Å². The number of methoxy groups -OCH3 is 1. The van der Waals surface area contributed by atoms with Crippen LogP contribution in [0.5, 0.6) is 0 Å². The second-order valence-electron chi connectivity index (χ2n) is 6.21. The van der Waals surface area contributed by atoms with Crippen molar-refractivity contribution in [2.45, 2.75) is 39.3 Å². The van der Waals surface area contributed by atoms with Crippen molar-refractivity contribution in [1.29, 1.82) is 0 Å². The molecule has 6 nitrogen and oxygen atoms in total. The Morgan fingerprint density at radius 1 is 1.27 bits per heavy atom. The molecule has 2 rings (SSSR count). The van der Waals surface area contributed by atoms with Crippen LogP contribution in [0.4, 0.5) is 15.3 Å². The average Bonchev–Trinajstić information content (AvgIpc) is 2.45. The molecule has 0 fully saturated rings. The fourth-order valence-corrected chi connectivity index (χ4v) is 2.37. The van der Waals surface area contributed by atoms with Gasteiger partial charge >= 0.3 is 12.2 Å². The fourth-order valence-electron chi connectivity index (χ4n) is 2.37. The summed E-state index contributed by atoms with van der Waals surface area (Å²) < 4.78 is 10.0. The van der Waals surface area contributed by atoms with Crippen molar-refractivity contribution < 1.29 is 19.1 Å². The zero-order valence-electron chi connectivity index (χ0n) is 13.4. The van der Waals surface area contributed by atoms with Crippen molar-refractivity contribution in [3.05, 3.63) is 29.3 Å². The molecule has 1 N–H and O–H groups in total. The zero-order chi connectivity index (χ0) is 16.3. The third kappa shape index (κ3) is 3.90. The Labute approximate surface area is 130 Å². The van der Waals surface area contributed by atoms with Crippen LogP contribution in [0.15, 0.2) is 18.2 Å². The molecule has 0 unspecified atom stereocenters. The van der Waals surface area contributed by atoms with Crippen molar-refractivity contribution >= 4 is 17.9 Å². The molecule has 22 heavy (non-hydrogen) atoms.